The lowest BCUT2D eigenvalue weighted by atomic mass is 10.1. The van der Waals surface area contributed by atoms with Crippen molar-refractivity contribution >= 4 is 39.0 Å². The first-order valence-electron chi connectivity index (χ1n) is 6.84. The molecular weight excluding hydrogens is 284 g/mol. The Bertz CT molecular complexity index is 831. The maximum Gasteiger partial charge on any atom is 0.259 e. The van der Waals surface area contributed by atoms with Gasteiger partial charge in [-0.25, -0.2) is 4.98 Å². The van der Waals surface area contributed by atoms with E-state index in [2.05, 4.69) is 15.3 Å². The standard InChI is InChI=1S/C15H14N4OS/c16-9-3-4-10-11(6-17-12(10)5-9)14(20)19-15-18-13(7-21-15)8-1-2-8/h3-8,17H,1-2,16H2,(H,18,19,20). The predicted octanol–water partition coefficient (Wildman–Crippen LogP) is 3.34. The van der Waals surface area contributed by atoms with Crippen molar-refractivity contribution in [3.8, 4) is 0 Å². The van der Waals surface area contributed by atoms with Crippen molar-refractivity contribution in [3.63, 3.8) is 0 Å². The van der Waals surface area contributed by atoms with Crippen molar-refractivity contribution in [1.82, 2.24) is 9.97 Å². The molecule has 1 amide bonds. The highest BCUT2D eigenvalue weighted by Crippen LogP contribution is 2.40. The molecule has 0 spiro atoms. The van der Waals surface area contributed by atoms with Crippen LogP contribution < -0.4 is 11.1 Å². The van der Waals surface area contributed by atoms with E-state index in [1.807, 2.05) is 17.5 Å². The van der Waals surface area contributed by atoms with Crippen molar-refractivity contribution in [1.29, 1.82) is 0 Å². The van der Waals surface area contributed by atoms with Crippen LogP contribution in [-0.4, -0.2) is 15.9 Å². The molecular formula is C15H14N4OS. The molecule has 6 heteroatoms. The summed E-state index contributed by atoms with van der Waals surface area (Å²) in [5.41, 5.74) is 8.98. The van der Waals surface area contributed by atoms with Crippen molar-refractivity contribution in [2.75, 3.05) is 11.1 Å². The van der Waals surface area contributed by atoms with Gasteiger partial charge in [-0.3, -0.25) is 10.1 Å². The highest BCUT2D eigenvalue weighted by atomic mass is 32.1. The molecule has 2 heterocycles. The molecule has 2 aromatic heterocycles. The maximum atomic E-state index is 12.4. The average Bonchev–Trinajstić information content (AvgIpc) is 3.06. The summed E-state index contributed by atoms with van der Waals surface area (Å²) in [7, 11) is 0. The third kappa shape index (κ3) is 2.27. The molecule has 1 aliphatic rings. The first kappa shape index (κ1) is 12.4. The third-order valence-corrected chi connectivity index (χ3v) is 4.46. The van der Waals surface area contributed by atoms with Crippen LogP contribution in [0.4, 0.5) is 10.8 Å². The Morgan fingerprint density at radius 2 is 2.29 bits per heavy atom. The van der Waals surface area contributed by atoms with Crippen LogP contribution in [0.5, 0.6) is 0 Å². The number of hydrogen-bond acceptors (Lipinski definition) is 4. The van der Waals surface area contributed by atoms with E-state index >= 15 is 0 Å². The largest absolute Gasteiger partial charge is 0.399 e. The Labute approximate surface area is 125 Å². The van der Waals surface area contributed by atoms with E-state index in [9.17, 15) is 4.79 Å². The number of aromatic amines is 1. The second-order valence-electron chi connectivity index (χ2n) is 5.31. The monoisotopic (exact) mass is 298 g/mol. The Balaban J connectivity index is 1.60. The fourth-order valence-electron chi connectivity index (χ4n) is 2.41. The number of anilines is 2. The van der Waals surface area contributed by atoms with Crippen LogP contribution in [0.3, 0.4) is 0 Å². The van der Waals surface area contributed by atoms with Crippen molar-refractivity contribution in [3.05, 3.63) is 41.0 Å². The molecule has 106 valence electrons. The van der Waals surface area contributed by atoms with Crippen molar-refractivity contribution in [2.45, 2.75) is 18.8 Å². The smallest absolute Gasteiger partial charge is 0.259 e. The molecule has 4 N–H and O–H groups in total. The lowest BCUT2D eigenvalue weighted by Crippen LogP contribution is -2.11. The molecule has 1 aliphatic carbocycles. The number of nitrogens with one attached hydrogen (secondary N) is 2. The molecule has 5 nitrogen and oxygen atoms in total. The van der Waals surface area contributed by atoms with E-state index in [4.69, 9.17) is 5.73 Å². The van der Waals surface area contributed by atoms with Gasteiger partial charge in [-0.05, 0) is 31.0 Å². The van der Waals surface area contributed by atoms with E-state index in [-0.39, 0.29) is 5.91 Å². The van der Waals surface area contributed by atoms with E-state index in [1.165, 1.54) is 24.2 Å². The third-order valence-electron chi connectivity index (χ3n) is 3.69. The lowest BCUT2D eigenvalue weighted by molar-refractivity contribution is 0.102. The van der Waals surface area contributed by atoms with Crippen LogP contribution in [0.2, 0.25) is 0 Å². The molecule has 1 aromatic carbocycles. The quantitative estimate of drug-likeness (QED) is 0.648. The van der Waals surface area contributed by atoms with Crippen LogP contribution in [0, 0.1) is 0 Å². The first-order chi connectivity index (χ1) is 10.2. The summed E-state index contributed by atoms with van der Waals surface area (Å²) in [5, 5.41) is 6.42. The summed E-state index contributed by atoms with van der Waals surface area (Å²) in [5.74, 6) is 0.450. The van der Waals surface area contributed by atoms with Gasteiger partial charge in [-0.15, -0.1) is 11.3 Å². The molecule has 1 saturated carbocycles. The first-order valence-corrected chi connectivity index (χ1v) is 7.72. The van der Waals surface area contributed by atoms with Gasteiger partial charge in [0.25, 0.3) is 5.91 Å². The van der Waals surface area contributed by atoms with Gasteiger partial charge < -0.3 is 10.7 Å². The van der Waals surface area contributed by atoms with Crippen molar-refractivity contribution in [2.24, 2.45) is 0 Å². The Hall–Kier alpha value is -2.34. The minimum absolute atomic E-state index is 0.150. The molecule has 4 rings (SSSR count). The zero-order valence-electron chi connectivity index (χ0n) is 11.2. The molecule has 0 atom stereocenters. The number of nitrogen functional groups attached to an aromatic ring is 1. The number of carbonyl (C=O) groups is 1. The molecule has 21 heavy (non-hydrogen) atoms. The van der Waals surface area contributed by atoms with Gasteiger partial charge in [0.1, 0.15) is 0 Å². The van der Waals surface area contributed by atoms with Gasteiger partial charge in [0.2, 0.25) is 0 Å². The summed E-state index contributed by atoms with van der Waals surface area (Å²) < 4.78 is 0. The number of amides is 1. The number of carbonyl (C=O) groups excluding carboxylic acids is 1. The Kier molecular flexibility index (Phi) is 2.71. The second kappa shape index (κ2) is 4.60. The van der Waals surface area contributed by atoms with Gasteiger partial charge in [-0.1, -0.05) is 0 Å². The van der Waals surface area contributed by atoms with Crippen LogP contribution in [0.15, 0.2) is 29.8 Å². The average molecular weight is 298 g/mol. The highest BCUT2D eigenvalue weighted by molar-refractivity contribution is 7.14. The second-order valence-corrected chi connectivity index (χ2v) is 6.17. The van der Waals surface area contributed by atoms with Gasteiger partial charge in [0.05, 0.1) is 11.3 Å². The number of hydrogen-bond donors (Lipinski definition) is 3. The predicted molar refractivity (Wildman–Crippen MR) is 84.8 cm³/mol. The van der Waals surface area contributed by atoms with E-state index in [0.29, 0.717) is 22.3 Å². The van der Waals surface area contributed by atoms with Gasteiger partial charge in [0, 0.05) is 34.1 Å². The van der Waals surface area contributed by atoms with Gasteiger partial charge >= 0.3 is 0 Å². The molecule has 0 aliphatic heterocycles. The van der Waals surface area contributed by atoms with Crippen LogP contribution in [0.1, 0.15) is 34.8 Å². The normalized spacial score (nSPS) is 14.5. The molecule has 1 fully saturated rings. The van der Waals surface area contributed by atoms with Crippen LogP contribution >= 0.6 is 11.3 Å². The molecule has 0 saturated heterocycles. The topological polar surface area (TPSA) is 83.8 Å². The maximum absolute atomic E-state index is 12.4. The van der Waals surface area contributed by atoms with E-state index < -0.39 is 0 Å². The summed E-state index contributed by atoms with van der Waals surface area (Å²) in [6.45, 7) is 0. The number of rotatable bonds is 3. The summed E-state index contributed by atoms with van der Waals surface area (Å²) >= 11 is 1.48. The number of aromatic nitrogens is 2. The fraction of sp³-hybridized carbons (Fsp3) is 0.200. The molecule has 0 radical (unpaired) electrons. The summed E-state index contributed by atoms with van der Waals surface area (Å²) in [4.78, 5) is 19.9. The van der Waals surface area contributed by atoms with Gasteiger partial charge in [0.15, 0.2) is 5.13 Å². The van der Waals surface area contributed by atoms with Gasteiger partial charge in [-0.2, -0.15) is 0 Å². The molecule has 0 bridgehead atoms. The summed E-state index contributed by atoms with van der Waals surface area (Å²) in [6.07, 6.45) is 4.12. The Morgan fingerprint density at radius 1 is 1.43 bits per heavy atom. The van der Waals surface area contributed by atoms with Crippen LogP contribution in [-0.2, 0) is 0 Å². The SMILES string of the molecule is Nc1ccc2c(C(=O)Nc3nc(C4CC4)cs3)c[nH]c2c1. The number of nitrogens with zero attached hydrogens (tertiary/aromatic N) is 1. The molecule has 0 unspecified atom stereocenters. The fourth-order valence-corrected chi connectivity index (χ4v) is 3.19. The summed E-state index contributed by atoms with van der Waals surface area (Å²) in [6, 6.07) is 5.47. The highest BCUT2D eigenvalue weighted by Gasteiger charge is 2.26. The zero-order chi connectivity index (χ0) is 14.4. The van der Waals surface area contributed by atoms with Crippen molar-refractivity contribution < 1.29 is 4.79 Å². The number of thiazole rings is 1. The number of benzene rings is 1. The van der Waals surface area contributed by atoms with E-state index in [0.717, 1.165) is 16.6 Å². The minimum atomic E-state index is -0.150. The Morgan fingerprint density at radius 3 is 3.10 bits per heavy atom. The molecule has 3 aromatic rings. The lowest BCUT2D eigenvalue weighted by Gasteiger charge is -2.00. The van der Waals surface area contributed by atoms with Crippen LogP contribution in [0.25, 0.3) is 10.9 Å². The minimum Gasteiger partial charge on any atom is -0.399 e. The number of fused-ring (bicyclic) bond motifs is 1. The zero-order valence-corrected chi connectivity index (χ0v) is 12.0. The number of nitrogens with two attached hydrogens (primary N) is 1. The number of H-pyrrole nitrogens is 1. The van der Waals surface area contributed by atoms with E-state index in [1.54, 1.807) is 12.3 Å².